The second kappa shape index (κ2) is 15.0. The Hall–Kier alpha value is -6.43. The molecule has 274 valence electrons. The summed E-state index contributed by atoms with van der Waals surface area (Å²) in [6, 6.07) is 32.2. The van der Waals surface area contributed by atoms with Gasteiger partial charge in [0.25, 0.3) is 0 Å². The maximum Gasteiger partial charge on any atom is 0.133 e. The number of aliphatic imine (C=N–C) groups is 1. The third-order valence-corrected chi connectivity index (χ3v) is 11.9. The number of aromatic nitrogens is 1. The van der Waals surface area contributed by atoms with E-state index in [0.717, 1.165) is 48.0 Å². The first-order valence-electron chi connectivity index (χ1n) is 20.0. The number of benzene rings is 3. The second-order valence-corrected chi connectivity index (χ2v) is 15.9. The molecule has 0 radical (unpaired) electrons. The van der Waals surface area contributed by atoms with E-state index >= 15 is 0 Å². The molecule has 0 bridgehead atoms. The molecule has 1 N–H and O–H groups in total. The van der Waals surface area contributed by atoms with Gasteiger partial charge in [0.2, 0.25) is 0 Å². The Bertz CT molecular complexity index is 2570. The molecule has 4 unspecified atom stereocenters. The summed E-state index contributed by atoms with van der Waals surface area (Å²) in [5.74, 6) is 2.04. The molecule has 2 heterocycles. The van der Waals surface area contributed by atoms with Crippen LogP contribution in [0.3, 0.4) is 0 Å². The standard InChI is InChI=1S/C51H45N5/c1-33(2)14-12-13-21-40-30-46(55-51(54-40)38-19-10-5-11-20-38)39-28-42(36-15-6-3-7-16-36)49(43(29-39)37-17-8-4-9-18-37)56-47-25-23-35(32-53)27-45(47)48-44-26-34(31-52)22-24-41(44)50(48)56/h3-11,13,15-17,19-27,29-30,33,37,39-41,44H,12,14,18,28H2,1-2H3,(H,54,55)/b21-13+/t37?,39?,40?,41?,44-/m0/s1. The van der Waals surface area contributed by atoms with Gasteiger partial charge in [0, 0.05) is 51.6 Å². The number of rotatable bonds is 9. The van der Waals surface area contributed by atoms with Gasteiger partial charge in [0.15, 0.2) is 0 Å². The minimum absolute atomic E-state index is 0.0719. The highest BCUT2D eigenvalue weighted by molar-refractivity contribution is 6.03. The molecule has 4 aliphatic carbocycles. The third kappa shape index (κ3) is 6.44. The highest BCUT2D eigenvalue weighted by Crippen LogP contribution is 2.58. The van der Waals surface area contributed by atoms with Gasteiger partial charge >= 0.3 is 0 Å². The van der Waals surface area contributed by atoms with E-state index in [4.69, 9.17) is 4.99 Å². The molecular weight excluding hydrogens is 683 g/mol. The van der Waals surface area contributed by atoms with Gasteiger partial charge in [-0.1, -0.05) is 129 Å². The van der Waals surface area contributed by atoms with Crippen LogP contribution >= 0.6 is 0 Å². The van der Waals surface area contributed by atoms with Crippen LogP contribution in [-0.4, -0.2) is 16.4 Å². The van der Waals surface area contributed by atoms with Gasteiger partial charge in [0.05, 0.1) is 35.0 Å². The summed E-state index contributed by atoms with van der Waals surface area (Å²) < 4.78 is 2.53. The lowest BCUT2D eigenvalue weighted by atomic mass is 9.67. The molecule has 0 spiro atoms. The molecule has 5 aliphatic rings. The summed E-state index contributed by atoms with van der Waals surface area (Å²) in [7, 11) is 0. The van der Waals surface area contributed by atoms with Crippen molar-refractivity contribution < 1.29 is 0 Å². The van der Waals surface area contributed by atoms with Crippen molar-refractivity contribution in [1.29, 1.82) is 10.5 Å². The minimum atomic E-state index is -0.0719. The largest absolute Gasteiger partial charge is 0.343 e. The van der Waals surface area contributed by atoms with Gasteiger partial charge in [0.1, 0.15) is 5.84 Å². The summed E-state index contributed by atoms with van der Waals surface area (Å²) in [5.41, 5.74) is 12.2. The molecule has 56 heavy (non-hydrogen) atoms. The van der Waals surface area contributed by atoms with Crippen molar-refractivity contribution in [3.8, 4) is 12.1 Å². The van der Waals surface area contributed by atoms with E-state index < -0.39 is 0 Å². The average Bonchev–Trinajstić information content (AvgIpc) is 3.53. The quantitative estimate of drug-likeness (QED) is 0.174. The predicted octanol–water partition coefficient (Wildman–Crippen LogP) is 11.5. The number of hydrogen-bond donors (Lipinski definition) is 1. The number of hydrogen-bond acceptors (Lipinski definition) is 4. The molecular formula is C51H45N5. The average molecular weight is 728 g/mol. The minimum Gasteiger partial charge on any atom is -0.343 e. The van der Waals surface area contributed by atoms with Crippen molar-refractivity contribution in [2.24, 2.45) is 22.7 Å². The van der Waals surface area contributed by atoms with Crippen molar-refractivity contribution in [3.05, 3.63) is 190 Å². The van der Waals surface area contributed by atoms with Crippen LogP contribution in [0.2, 0.25) is 0 Å². The van der Waals surface area contributed by atoms with Crippen LogP contribution in [0.25, 0.3) is 22.2 Å². The Labute approximate surface area is 330 Å². The molecule has 9 rings (SSSR count). The molecule has 0 amide bonds. The highest BCUT2D eigenvalue weighted by atomic mass is 15.1. The summed E-state index contributed by atoms with van der Waals surface area (Å²) in [6.45, 7) is 4.55. The number of nitrogens with one attached hydrogen (secondary N) is 1. The molecule has 0 saturated carbocycles. The summed E-state index contributed by atoms with van der Waals surface area (Å²) in [6.07, 6.45) is 28.6. The SMILES string of the molecule is CC(C)CC/C=C/C1C=C(C2C=C(C3C=CC=CC3)C(n3c4c(c5cc(C#N)ccc53)[C@H]3C=C(C#N)C=CC43)=C(c3ccccc3)C2)NC(c2ccccc2)=N1. The van der Waals surface area contributed by atoms with Crippen LogP contribution in [0.1, 0.15) is 79.3 Å². The molecule has 5 heteroatoms. The van der Waals surface area contributed by atoms with E-state index in [9.17, 15) is 10.5 Å². The maximum atomic E-state index is 10.0. The molecule has 1 aliphatic heterocycles. The number of nitrogens with zero attached hydrogens (tertiary/aromatic N) is 4. The first kappa shape index (κ1) is 35.3. The van der Waals surface area contributed by atoms with E-state index in [0.29, 0.717) is 17.1 Å². The molecule has 1 aromatic heterocycles. The zero-order valence-electron chi connectivity index (χ0n) is 31.9. The topological polar surface area (TPSA) is 76.9 Å². The smallest absolute Gasteiger partial charge is 0.133 e. The van der Waals surface area contributed by atoms with Crippen molar-refractivity contribution in [1.82, 2.24) is 9.88 Å². The van der Waals surface area contributed by atoms with Crippen LogP contribution in [-0.2, 0) is 0 Å². The maximum absolute atomic E-state index is 10.0. The lowest BCUT2D eigenvalue weighted by Crippen LogP contribution is -2.34. The van der Waals surface area contributed by atoms with Crippen molar-refractivity contribution in [2.75, 3.05) is 0 Å². The molecule has 0 saturated heterocycles. The van der Waals surface area contributed by atoms with Gasteiger partial charge in [-0.05, 0) is 84.2 Å². The number of fused-ring (bicyclic) bond motifs is 6. The summed E-state index contributed by atoms with van der Waals surface area (Å²) >= 11 is 0. The highest BCUT2D eigenvalue weighted by Gasteiger charge is 2.44. The van der Waals surface area contributed by atoms with Crippen LogP contribution in [0.4, 0.5) is 0 Å². The summed E-state index contributed by atoms with van der Waals surface area (Å²) in [4.78, 5) is 5.21. The molecule has 4 aromatic rings. The molecule has 3 aromatic carbocycles. The van der Waals surface area contributed by atoms with Gasteiger partial charge in [-0.25, -0.2) is 0 Å². The van der Waals surface area contributed by atoms with Gasteiger partial charge < -0.3 is 9.88 Å². The Morgan fingerprint density at radius 1 is 0.875 bits per heavy atom. The molecule has 5 nitrogen and oxygen atoms in total. The van der Waals surface area contributed by atoms with E-state index in [2.05, 4.69) is 169 Å². The normalized spacial score (nSPS) is 23.7. The Kier molecular flexibility index (Phi) is 9.46. The second-order valence-electron chi connectivity index (χ2n) is 15.9. The Morgan fingerprint density at radius 3 is 2.41 bits per heavy atom. The summed E-state index contributed by atoms with van der Waals surface area (Å²) in [5, 5.41) is 24.8. The third-order valence-electron chi connectivity index (χ3n) is 11.9. The lowest BCUT2D eigenvalue weighted by molar-refractivity contribution is 0.593. The van der Waals surface area contributed by atoms with Crippen LogP contribution < -0.4 is 5.32 Å². The lowest BCUT2D eigenvalue weighted by Gasteiger charge is -2.40. The van der Waals surface area contributed by atoms with Gasteiger partial charge in [-0.2, -0.15) is 10.5 Å². The fraction of sp³-hybridized carbons (Fsp3) is 0.235. The van der Waals surface area contributed by atoms with Crippen molar-refractivity contribution in [3.63, 3.8) is 0 Å². The first-order valence-corrected chi connectivity index (χ1v) is 20.0. The van der Waals surface area contributed by atoms with Crippen molar-refractivity contribution in [2.45, 2.75) is 57.4 Å². The monoisotopic (exact) mass is 727 g/mol. The zero-order valence-corrected chi connectivity index (χ0v) is 31.9. The number of amidine groups is 1. The van der Waals surface area contributed by atoms with E-state index in [-0.39, 0.29) is 29.7 Å². The van der Waals surface area contributed by atoms with Gasteiger partial charge in [-0.15, -0.1) is 0 Å². The molecule has 0 fully saturated rings. The van der Waals surface area contributed by atoms with Crippen LogP contribution in [0.15, 0.2) is 168 Å². The Morgan fingerprint density at radius 2 is 1.68 bits per heavy atom. The fourth-order valence-electron chi connectivity index (χ4n) is 9.12. The van der Waals surface area contributed by atoms with E-state index in [1.807, 2.05) is 12.1 Å². The zero-order chi connectivity index (χ0) is 38.2. The Balaban J connectivity index is 1.24. The number of allylic oxidation sites excluding steroid dienone is 13. The van der Waals surface area contributed by atoms with Gasteiger partial charge in [-0.3, -0.25) is 4.99 Å². The van der Waals surface area contributed by atoms with E-state index in [1.165, 1.54) is 39.4 Å². The van der Waals surface area contributed by atoms with Crippen molar-refractivity contribution >= 4 is 28.0 Å². The van der Waals surface area contributed by atoms with Crippen LogP contribution in [0, 0.1) is 40.4 Å². The number of nitriles is 2. The molecule has 5 atom stereocenters. The first-order chi connectivity index (χ1) is 27.5. The van der Waals surface area contributed by atoms with Crippen LogP contribution in [0.5, 0.6) is 0 Å². The predicted molar refractivity (Wildman–Crippen MR) is 228 cm³/mol. The fourth-order valence-corrected chi connectivity index (χ4v) is 9.12. The van der Waals surface area contributed by atoms with E-state index in [1.54, 1.807) is 0 Å².